The van der Waals surface area contributed by atoms with Crippen LogP contribution in [0.5, 0.6) is 0 Å². The van der Waals surface area contributed by atoms with Gasteiger partial charge in [0.1, 0.15) is 16.1 Å². The fraction of sp³-hybridized carbons (Fsp3) is 0.538. The second-order valence-corrected chi connectivity index (χ2v) is 11.8. The molecule has 0 unspecified atom stereocenters. The van der Waals surface area contributed by atoms with Crippen LogP contribution in [0.3, 0.4) is 0 Å². The Balaban J connectivity index is 1.82. The maximum atomic E-state index is 12.9. The minimum absolute atomic E-state index is 0.0625. The number of nitrogens with zero attached hydrogens (tertiary/aromatic N) is 2. The van der Waals surface area contributed by atoms with Gasteiger partial charge in [-0.1, -0.05) is 32.5 Å². The van der Waals surface area contributed by atoms with Crippen LogP contribution in [0.2, 0.25) is 0 Å². The van der Waals surface area contributed by atoms with Crippen LogP contribution in [0, 0.1) is 29.6 Å². The predicted molar refractivity (Wildman–Crippen MR) is 139 cm³/mol. The Morgan fingerprint density at radius 1 is 1.37 bits per heavy atom. The van der Waals surface area contributed by atoms with Crippen molar-refractivity contribution in [1.29, 1.82) is 5.26 Å². The maximum absolute atomic E-state index is 12.9. The third-order valence-electron chi connectivity index (χ3n) is 6.17. The Hall–Kier alpha value is -2.41. The first-order valence-corrected chi connectivity index (χ1v) is 13.5. The highest BCUT2D eigenvalue weighted by Crippen LogP contribution is 2.44. The molecule has 0 spiro atoms. The number of methoxy groups -OCH3 is 1. The van der Waals surface area contributed by atoms with Crippen LogP contribution in [-0.2, 0) is 33.7 Å². The first kappa shape index (κ1) is 27.2. The fourth-order valence-corrected chi connectivity index (χ4v) is 6.53. The highest BCUT2D eigenvalue weighted by atomic mass is 32.2. The van der Waals surface area contributed by atoms with Gasteiger partial charge in [0.2, 0.25) is 5.91 Å². The lowest BCUT2D eigenvalue weighted by Gasteiger charge is -2.33. The molecule has 1 aliphatic rings. The summed E-state index contributed by atoms with van der Waals surface area (Å²) >= 11 is 2.68. The summed E-state index contributed by atoms with van der Waals surface area (Å²) in [7, 11) is 1.57. The number of esters is 1. The lowest BCUT2D eigenvalue weighted by molar-refractivity contribution is -0.113. The molecular weight excluding hydrogens is 482 g/mol. The topological polar surface area (TPSA) is 101 Å². The number of carbonyl (C=O) groups is 2. The summed E-state index contributed by atoms with van der Waals surface area (Å²) in [6.45, 7) is 10.9. The van der Waals surface area contributed by atoms with E-state index in [1.54, 1.807) is 14.0 Å². The second-order valence-electron chi connectivity index (χ2n) is 9.72. The minimum Gasteiger partial charge on any atom is -0.462 e. The average molecular weight is 516 g/mol. The van der Waals surface area contributed by atoms with E-state index in [1.165, 1.54) is 23.1 Å². The molecule has 0 fully saturated rings. The van der Waals surface area contributed by atoms with Crippen molar-refractivity contribution in [3.63, 3.8) is 0 Å². The van der Waals surface area contributed by atoms with Crippen LogP contribution in [0.15, 0.2) is 11.1 Å². The van der Waals surface area contributed by atoms with Gasteiger partial charge in [-0.05, 0) is 61.6 Å². The SMILES string of the molecule is CCOC(=O)c1c(NC(=O)CSc2nc(C)cc(COC)c2C#N)sc2c1CC[C@@H](C(C)(C)C)C2. The Kier molecular flexibility index (Phi) is 8.97. The number of anilines is 1. The summed E-state index contributed by atoms with van der Waals surface area (Å²) in [4.78, 5) is 31.4. The normalized spacial score (nSPS) is 15.3. The maximum Gasteiger partial charge on any atom is 0.341 e. The standard InChI is InChI=1S/C26H33N3O4S2/c1-7-33-25(31)22-18-9-8-17(26(3,4)5)11-20(18)35-24(22)29-21(30)14-34-23-19(12-27)16(13-32-6)10-15(2)28-23/h10,17H,7-9,11,13-14H2,1-6H3,(H,29,30)/t17-/m1/s1. The molecule has 0 saturated heterocycles. The molecule has 3 rings (SSSR count). The number of hydrogen-bond acceptors (Lipinski definition) is 8. The van der Waals surface area contributed by atoms with Crippen LogP contribution in [0.4, 0.5) is 5.00 Å². The number of aromatic nitrogens is 1. The van der Waals surface area contributed by atoms with E-state index in [-0.39, 0.29) is 23.7 Å². The van der Waals surface area contributed by atoms with Gasteiger partial charge >= 0.3 is 5.97 Å². The van der Waals surface area contributed by atoms with E-state index in [4.69, 9.17) is 9.47 Å². The number of thiophene rings is 1. The molecule has 7 nitrogen and oxygen atoms in total. The Morgan fingerprint density at radius 3 is 2.74 bits per heavy atom. The van der Waals surface area contributed by atoms with Gasteiger partial charge in [-0.15, -0.1) is 11.3 Å². The zero-order valence-corrected chi connectivity index (χ0v) is 22.9. The molecule has 1 aliphatic carbocycles. The van der Waals surface area contributed by atoms with E-state index in [0.29, 0.717) is 33.7 Å². The molecule has 1 N–H and O–H groups in total. The summed E-state index contributed by atoms with van der Waals surface area (Å²) in [5.74, 6) is -0.0705. The zero-order chi connectivity index (χ0) is 25.8. The third-order valence-corrected chi connectivity index (χ3v) is 8.32. The summed E-state index contributed by atoms with van der Waals surface area (Å²) in [6.07, 6.45) is 2.69. The molecule has 0 bridgehead atoms. The number of aryl methyl sites for hydroxylation is 1. The molecule has 2 aromatic heterocycles. The van der Waals surface area contributed by atoms with Crippen LogP contribution < -0.4 is 5.32 Å². The fourth-order valence-electron chi connectivity index (χ4n) is 4.33. The number of amides is 1. The third kappa shape index (κ3) is 6.43. The van der Waals surface area contributed by atoms with Crippen molar-refractivity contribution in [2.45, 2.75) is 65.5 Å². The molecule has 0 radical (unpaired) electrons. The summed E-state index contributed by atoms with van der Waals surface area (Å²) in [6, 6.07) is 4.00. The monoisotopic (exact) mass is 515 g/mol. The van der Waals surface area contributed by atoms with E-state index in [2.05, 4.69) is 37.1 Å². The summed E-state index contributed by atoms with van der Waals surface area (Å²) < 4.78 is 10.5. The van der Waals surface area contributed by atoms with E-state index in [0.717, 1.165) is 41.0 Å². The molecule has 1 amide bonds. The van der Waals surface area contributed by atoms with Gasteiger partial charge in [0.15, 0.2) is 0 Å². The van der Waals surface area contributed by atoms with Crippen molar-refractivity contribution in [3.05, 3.63) is 38.9 Å². The van der Waals surface area contributed by atoms with E-state index in [1.807, 2.05) is 13.0 Å². The van der Waals surface area contributed by atoms with E-state index < -0.39 is 5.97 Å². The van der Waals surface area contributed by atoms with E-state index >= 15 is 0 Å². The van der Waals surface area contributed by atoms with Crippen molar-refractivity contribution in [2.75, 3.05) is 24.8 Å². The smallest absolute Gasteiger partial charge is 0.341 e. The van der Waals surface area contributed by atoms with Crippen LogP contribution in [-0.4, -0.2) is 36.3 Å². The van der Waals surface area contributed by atoms with Crippen LogP contribution in [0.25, 0.3) is 0 Å². The minimum atomic E-state index is -0.390. The lowest BCUT2D eigenvalue weighted by Crippen LogP contribution is -2.26. The Labute approximate surface area is 215 Å². The van der Waals surface area contributed by atoms with Crippen LogP contribution >= 0.6 is 23.1 Å². The first-order valence-electron chi connectivity index (χ1n) is 11.7. The highest BCUT2D eigenvalue weighted by molar-refractivity contribution is 8.00. The van der Waals surface area contributed by atoms with Crippen LogP contribution in [0.1, 0.15) is 71.7 Å². The van der Waals surface area contributed by atoms with Crippen molar-refractivity contribution >= 4 is 40.0 Å². The van der Waals surface area contributed by atoms with Gasteiger partial charge in [0.05, 0.1) is 30.1 Å². The molecule has 0 aromatic carbocycles. The van der Waals surface area contributed by atoms with Crippen molar-refractivity contribution in [2.24, 2.45) is 11.3 Å². The van der Waals surface area contributed by atoms with Crippen molar-refractivity contribution < 1.29 is 19.1 Å². The number of ether oxygens (including phenoxy) is 2. The Morgan fingerprint density at radius 2 is 2.11 bits per heavy atom. The molecule has 9 heteroatoms. The summed E-state index contributed by atoms with van der Waals surface area (Å²) in [5, 5.41) is 13.6. The second kappa shape index (κ2) is 11.5. The largest absolute Gasteiger partial charge is 0.462 e. The Bertz CT molecular complexity index is 1140. The molecule has 0 saturated carbocycles. The molecular formula is C26H33N3O4S2. The summed E-state index contributed by atoms with van der Waals surface area (Å²) in [5.41, 5.74) is 3.59. The van der Waals surface area contributed by atoms with Gasteiger partial charge in [-0.2, -0.15) is 5.26 Å². The highest BCUT2D eigenvalue weighted by Gasteiger charge is 2.34. The number of pyridine rings is 1. The predicted octanol–water partition coefficient (Wildman–Crippen LogP) is 5.53. The number of thioether (sulfide) groups is 1. The lowest BCUT2D eigenvalue weighted by atomic mass is 9.72. The average Bonchev–Trinajstić information content (AvgIpc) is 3.14. The number of rotatable bonds is 8. The molecule has 2 heterocycles. The molecule has 0 aliphatic heterocycles. The zero-order valence-electron chi connectivity index (χ0n) is 21.2. The number of nitriles is 1. The molecule has 35 heavy (non-hydrogen) atoms. The molecule has 188 valence electrons. The van der Waals surface area contributed by atoms with Crippen molar-refractivity contribution in [3.8, 4) is 6.07 Å². The number of fused-ring (bicyclic) bond motifs is 1. The number of nitrogens with one attached hydrogen (secondary N) is 1. The van der Waals surface area contributed by atoms with Gasteiger partial charge in [0, 0.05) is 17.7 Å². The van der Waals surface area contributed by atoms with Gasteiger partial charge in [-0.25, -0.2) is 9.78 Å². The first-order chi connectivity index (χ1) is 16.6. The van der Waals surface area contributed by atoms with Crippen molar-refractivity contribution in [1.82, 2.24) is 4.98 Å². The molecule has 1 atom stereocenters. The van der Waals surface area contributed by atoms with Gasteiger partial charge in [0.25, 0.3) is 0 Å². The molecule has 2 aromatic rings. The quantitative estimate of drug-likeness (QED) is 0.364. The number of carbonyl (C=O) groups excluding carboxylic acids is 2. The van der Waals surface area contributed by atoms with E-state index in [9.17, 15) is 14.9 Å². The van der Waals surface area contributed by atoms with Gasteiger partial charge in [-0.3, -0.25) is 4.79 Å². The van der Waals surface area contributed by atoms with Gasteiger partial charge < -0.3 is 14.8 Å². The number of hydrogen-bond donors (Lipinski definition) is 1.